The Kier molecular flexibility index (Phi) is 5.02. The van der Waals surface area contributed by atoms with E-state index in [1.54, 1.807) is 11.8 Å². The number of hydrogen-bond donors (Lipinski definition) is 0. The maximum absolute atomic E-state index is 5.37. The van der Waals surface area contributed by atoms with Crippen LogP contribution >= 0.6 is 11.8 Å². The van der Waals surface area contributed by atoms with Gasteiger partial charge in [0.1, 0.15) is 0 Å². The highest BCUT2D eigenvalue weighted by molar-refractivity contribution is 7.98. The molecule has 136 valence electrons. The summed E-state index contributed by atoms with van der Waals surface area (Å²) in [7, 11) is 0. The molecule has 7 heteroatoms. The van der Waals surface area contributed by atoms with E-state index in [-0.39, 0.29) is 0 Å². The van der Waals surface area contributed by atoms with Gasteiger partial charge in [-0.25, -0.2) is 0 Å². The minimum atomic E-state index is 0.531. The van der Waals surface area contributed by atoms with E-state index in [1.165, 1.54) is 5.56 Å². The highest BCUT2D eigenvalue weighted by Crippen LogP contribution is 2.27. The second-order valence-electron chi connectivity index (χ2n) is 6.09. The van der Waals surface area contributed by atoms with Crippen molar-refractivity contribution in [2.24, 2.45) is 0 Å². The van der Waals surface area contributed by atoms with E-state index in [2.05, 4.69) is 57.0 Å². The van der Waals surface area contributed by atoms with Gasteiger partial charge in [-0.1, -0.05) is 58.9 Å². The van der Waals surface area contributed by atoms with Crippen molar-refractivity contribution in [2.45, 2.75) is 31.3 Å². The Morgan fingerprint density at radius 2 is 1.81 bits per heavy atom. The number of hydrogen-bond acceptors (Lipinski definition) is 6. The lowest BCUT2D eigenvalue weighted by atomic mass is 10.1. The first-order valence-electron chi connectivity index (χ1n) is 8.75. The van der Waals surface area contributed by atoms with Gasteiger partial charge in [-0.15, -0.1) is 10.2 Å². The van der Waals surface area contributed by atoms with Crippen molar-refractivity contribution < 1.29 is 4.52 Å². The SMILES string of the molecule is CCn1c(SCc2noc(-c3ccccc3)n2)nnc1-c1cccc(C)c1. The molecule has 2 aromatic heterocycles. The standard InChI is InChI=1S/C20H19N5OS/c1-3-25-18(16-11-7-8-14(2)12-16)22-23-20(25)27-13-17-21-19(26-24-17)15-9-5-4-6-10-15/h4-12H,3,13H2,1-2H3. The van der Waals surface area contributed by atoms with E-state index in [1.807, 2.05) is 36.4 Å². The molecule has 0 saturated carbocycles. The number of aryl methyl sites for hydroxylation is 1. The van der Waals surface area contributed by atoms with E-state index in [0.717, 1.165) is 28.7 Å². The number of aromatic nitrogens is 5. The van der Waals surface area contributed by atoms with Gasteiger partial charge in [0.25, 0.3) is 5.89 Å². The van der Waals surface area contributed by atoms with Crippen LogP contribution < -0.4 is 0 Å². The third-order valence-electron chi connectivity index (χ3n) is 4.13. The zero-order chi connectivity index (χ0) is 18.6. The van der Waals surface area contributed by atoms with Gasteiger partial charge in [0.15, 0.2) is 16.8 Å². The molecule has 0 amide bonds. The molecule has 2 aromatic carbocycles. The van der Waals surface area contributed by atoms with Crippen molar-refractivity contribution in [3.8, 4) is 22.8 Å². The van der Waals surface area contributed by atoms with E-state index in [9.17, 15) is 0 Å². The molecule has 0 aliphatic carbocycles. The van der Waals surface area contributed by atoms with Gasteiger partial charge in [0.2, 0.25) is 0 Å². The minimum Gasteiger partial charge on any atom is -0.334 e. The molecule has 0 N–H and O–H groups in total. The fourth-order valence-electron chi connectivity index (χ4n) is 2.82. The van der Waals surface area contributed by atoms with Gasteiger partial charge in [0.05, 0.1) is 5.75 Å². The number of rotatable bonds is 6. The average molecular weight is 377 g/mol. The second kappa shape index (κ2) is 7.75. The lowest BCUT2D eigenvalue weighted by Gasteiger charge is -2.07. The fraction of sp³-hybridized carbons (Fsp3) is 0.200. The predicted molar refractivity (Wildman–Crippen MR) is 105 cm³/mol. The first kappa shape index (κ1) is 17.5. The summed E-state index contributed by atoms with van der Waals surface area (Å²) in [6.07, 6.45) is 0. The van der Waals surface area contributed by atoms with E-state index < -0.39 is 0 Å². The van der Waals surface area contributed by atoms with Crippen LogP contribution in [0.2, 0.25) is 0 Å². The van der Waals surface area contributed by atoms with Crippen molar-refractivity contribution in [3.05, 3.63) is 66.0 Å². The third kappa shape index (κ3) is 3.78. The van der Waals surface area contributed by atoms with Gasteiger partial charge in [-0.3, -0.25) is 0 Å². The smallest absolute Gasteiger partial charge is 0.257 e. The largest absolute Gasteiger partial charge is 0.334 e. The highest BCUT2D eigenvalue weighted by atomic mass is 32.2. The van der Waals surface area contributed by atoms with Crippen molar-refractivity contribution >= 4 is 11.8 Å². The van der Waals surface area contributed by atoms with Gasteiger partial charge < -0.3 is 9.09 Å². The quantitative estimate of drug-likeness (QED) is 0.457. The monoisotopic (exact) mass is 377 g/mol. The van der Waals surface area contributed by atoms with Crippen LogP contribution in [0.1, 0.15) is 18.3 Å². The molecular weight excluding hydrogens is 358 g/mol. The number of benzene rings is 2. The molecule has 0 bridgehead atoms. The van der Waals surface area contributed by atoms with Crippen LogP contribution in [0.3, 0.4) is 0 Å². The summed E-state index contributed by atoms with van der Waals surface area (Å²) in [4.78, 5) is 4.47. The summed E-state index contributed by atoms with van der Waals surface area (Å²) in [6.45, 7) is 4.96. The molecule has 6 nitrogen and oxygen atoms in total. The Labute approximate surface area is 161 Å². The summed E-state index contributed by atoms with van der Waals surface area (Å²) < 4.78 is 7.47. The summed E-state index contributed by atoms with van der Waals surface area (Å²) >= 11 is 1.56. The van der Waals surface area contributed by atoms with Crippen LogP contribution in [0, 0.1) is 6.92 Å². The average Bonchev–Trinajstić information content (AvgIpc) is 3.34. The molecule has 0 aliphatic rings. The van der Waals surface area contributed by atoms with Crippen molar-refractivity contribution in [3.63, 3.8) is 0 Å². The van der Waals surface area contributed by atoms with Crippen molar-refractivity contribution in [2.75, 3.05) is 0 Å². The molecule has 0 saturated heterocycles. The van der Waals surface area contributed by atoms with Crippen LogP contribution in [0.25, 0.3) is 22.8 Å². The van der Waals surface area contributed by atoms with Crippen LogP contribution in [0.4, 0.5) is 0 Å². The first-order chi connectivity index (χ1) is 13.2. The Morgan fingerprint density at radius 3 is 2.59 bits per heavy atom. The van der Waals surface area contributed by atoms with Crippen LogP contribution in [0.5, 0.6) is 0 Å². The minimum absolute atomic E-state index is 0.531. The normalized spacial score (nSPS) is 11.0. The van der Waals surface area contributed by atoms with Gasteiger partial charge >= 0.3 is 0 Å². The zero-order valence-electron chi connectivity index (χ0n) is 15.2. The summed E-state index contributed by atoms with van der Waals surface area (Å²) in [5.74, 6) is 2.62. The predicted octanol–water partition coefficient (Wildman–Crippen LogP) is 4.62. The molecule has 0 radical (unpaired) electrons. The molecule has 4 rings (SSSR count). The molecular formula is C20H19N5OS. The molecule has 27 heavy (non-hydrogen) atoms. The molecule has 0 aliphatic heterocycles. The Balaban J connectivity index is 1.52. The maximum atomic E-state index is 5.37. The van der Waals surface area contributed by atoms with Gasteiger partial charge in [0, 0.05) is 17.7 Å². The molecule has 4 aromatic rings. The summed E-state index contributed by atoms with van der Waals surface area (Å²) in [5.41, 5.74) is 3.19. The maximum Gasteiger partial charge on any atom is 0.257 e. The van der Waals surface area contributed by atoms with Crippen molar-refractivity contribution in [1.82, 2.24) is 24.9 Å². The second-order valence-corrected chi connectivity index (χ2v) is 7.03. The molecule has 0 atom stereocenters. The molecule has 0 spiro atoms. The first-order valence-corrected chi connectivity index (χ1v) is 9.74. The molecule has 2 heterocycles. The van der Waals surface area contributed by atoms with Crippen LogP contribution in [-0.4, -0.2) is 24.9 Å². The highest BCUT2D eigenvalue weighted by Gasteiger charge is 2.15. The summed E-state index contributed by atoms with van der Waals surface area (Å²) in [6, 6.07) is 18.1. The molecule has 0 unspecified atom stereocenters. The van der Waals surface area contributed by atoms with E-state index in [4.69, 9.17) is 4.52 Å². The Hall–Kier alpha value is -2.93. The Bertz CT molecular complexity index is 1040. The van der Waals surface area contributed by atoms with Crippen LogP contribution in [-0.2, 0) is 12.3 Å². The topological polar surface area (TPSA) is 69.6 Å². The van der Waals surface area contributed by atoms with E-state index in [0.29, 0.717) is 17.5 Å². The lowest BCUT2D eigenvalue weighted by molar-refractivity contribution is 0.425. The number of nitrogens with zero attached hydrogens (tertiary/aromatic N) is 5. The van der Waals surface area contributed by atoms with Crippen molar-refractivity contribution in [1.29, 1.82) is 0 Å². The van der Waals surface area contributed by atoms with Gasteiger partial charge in [-0.05, 0) is 32.0 Å². The van der Waals surface area contributed by atoms with Crippen LogP contribution in [0.15, 0.2) is 64.3 Å². The zero-order valence-corrected chi connectivity index (χ0v) is 16.0. The third-order valence-corrected chi connectivity index (χ3v) is 5.09. The Morgan fingerprint density at radius 1 is 1.00 bits per heavy atom. The fourth-order valence-corrected chi connectivity index (χ4v) is 3.66. The van der Waals surface area contributed by atoms with Gasteiger partial charge in [-0.2, -0.15) is 4.98 Å². The molecule has 0 fully saturated rings. The lowest BCUT2D eigenvalue weighted by Crippen LogP contribution is -2.00. The summed E-state index contributed by atoms with van der Waals surface area (Å²) in [5, 5.41) is 13.7. The van der Waals surface area contributed by atoms with E-state index >= 15 is 0 Å². The number of thioether (sulfide) groups is 1.